The molecule has 0 aliphatic carbocycles. The van der Waals surface area contributed by atoms with E-state index in [2.05, 4.69) is 15.2 Å². The van der Waals surface area contributed by atoms with E-state index >= 15 is 4.39 Å². The quantitative estimate of drug-likeness (QED) is 0.543. The summed E-state index contributed by atoms with van der Waals surface area (Å²) in [6.45, 7) is 3.77. The minimum Gasteiger partial charge on any atom is -0.395 e. The Balaban J connectivity index is 1.45. The molecule has 9 heteroatoms. The third-order valence-corrected chi connectivity index (χ3v) is 6.89. The molecule has 34 heavy (non-hydrogen) atoms. The maximum atomic E-state index is 15.2. The van der Waals surface area contributed by atoms with Crippen molar-refractivity contribution in [3.63, 3.8) is 0 Å². The van der Waals surface area contributed by atoms with Gasteiger partial charge in [-0.05, 0) is 58.8 Å². The molecule has 0 atom stereocenters. The number of nitrogens with zero attached hydrogens (tertiary/aromatic N) is 3. The summed E-state index contributed by atoms with van der Waals surface area (Å²) in [5, 5.41) is 11.8. The van der Waals surface area contributed by atoms with Crippen LogP contribution in [0.25, 0.3) is 28.1 Å². The Hall–Kier alpha value is -3.27. The molecule has 2 amide bonds. The largest absolute Gasteiger partial charge is 0.395 e. The van der Waals surface area contributed by atoms with Gasteiger partial charge < -0.3 is 10.0 Å². The fourth-order valence-corrected chi connectivity index (χ4v) is 5.04. The Morgan fingerprint density at radius 3 is 2.65 bits per heavy atom. The first-order valence-corrected chi connectivity index (χ1v) is 11.9. The molecule has 2 aliphatic rings. The molecule has 3 heterocycles. The normalized spacial score (nSPS) is 18.2. The Morgan fingerprint density at radius 1 is 1.12 bits per heavy atom. The van der Waals surface area contributed by atoms with E-state index in [1.807, 2.05) is 41.3 Å². The van der Waals surface area contributed by atoms with Gasteiger partial charge in [-0.1, -0.05) is 18.2 Å². The van der Waals surface area contributed by atoms with Crippen molar-refractivity contribution in [2.75, 3.05) is 44.2 Å². The van der Waals surface area contributed by atoms with Gasteiger partial charge in [0.05, 0.1) is 22.7 Å². The molecule has 2 aromatic carbocycles. The zero-order valence-corrected chi connectivity index (χ0v) is 19.1. The first-order valence-electron chi connectivity index (χ1n) is 11.0. The maximum Gasteiger partial charge on any atom is 0.290 e. The first-order chi connectivity index (χ1) is 16.5. The second kappa shape index (κ2) is 9.54. The average Bonchev–Trinajstić information content (AvgIpc) is 3.15. The molecule has 0 spiro atoms. The van der Waals surface area contributed by atoms with Crippen molar-refractivity contribution >= 4 is 45.6 Å². The number of β-amino-alcohol motifs (C(OH)–C–C–N with tert-alkyl or cyclic N) is 1. The van der Waals surface area contributed by atoms with Gasteiger partial charge in [0.2, 0.25) is 0 Å². The monoisotopic (exact) mass is 478 g/mol. The predicted molar refractivity (Wildman–Crippen MR) is 132 cm³/mol. The van der Waals surface area contributed by atoms with Crippen molar-refractivity contribution in [1.29, 1.82) is 0 Å². The highest BCUT2D eigenvalue weighted by molar-refractivity contribution is 8.18. The van der Waals surface area contributed by atoms with Gasteiger partial charge in [0.25, 0.3) is 11.1 Å². The van der Waals surface area contributed by atoms with E-state index in [-0.39, 0.29) is 12.4 Å². The zero-order chi connectivity index (χ0) is 23.7. The minimum absolute atomic E-state index is 0.131. The molecular formula is C25H23FN4O3S. The van der Waals surface area contributed by atoms with Crippen LogP contribution in [0.15, 0.2) is 53.6 Å². The lowest BCUT2D eigenvalue weighted by molar-refractivity contribution is -0.115. The highest BCUT2D eigenvalue weighted by Crippen LogP contribution is 2.33. The van der Waals surface area contributed by atoms with Crippen LogP contribution in [0.3, 0.4) is 0 Å². The second-order valence-electron chi connectivity index (χ2n) is 8.21. The van der Waals surface area contributed by atoms with Gasteiger partial charge in [0.15, 0.2) is 0 Å². The van der Waals surface area contributed by atoms with Crippen molar-refractivity contribution in [2.24, 2.45) is 0 Å². The number of anilines is 1. The molecule has 2 aliphatic heterocycles. The van der Waals surface area contributed by atoms with Crippen LogP contribution in [0.5, 0.6) is 0 Å². The number of benzene rings is 2. The lowest BCUT2D eigenvalue weighted by Crippen LogP contribution is -2.47. The molecule has 2 saturated heterocycles. The van der Waals surface area contributed by atoms with Crippen LogP contribution in [-0.2, 0) is 4.79 Å². The summed E-state index contributed by atoms with van der Waals surface area (Å²) in [6.07, 6.45) is 3.28. The van der Waals surface area contributed by atoms with Gasteiger partial charge >= 0.3 is 0 Å². The fraction of sp³-hybridized carbons (Fsp3) is 0.240. The number of carbonyl (C=O) groups excluding carboxylic acids is 2. The van der Waals surface area contributed by atoms with Gasteiger partial charge in [-0.2, -0.15) is 0 Å². The van der Waals surface area contributed by atoms with E-state index in [0.717, 1.165) is 46.9 Å². The molecular weight excluding hydrogens is 455 g/mol. The van der Waals surface area contributed by atoms with Gasteiger partial charge in [0, 0.05) is 44.3 Å². The number of aliphatic hydroxyl groups excluding tert-OH is 1. The van der Waals surface area contributed by atoms with E-state index in [4.69, 9.17) is 5.11 Å². The standard InChI is InChI=1S/C25H23FN4O3S/c26-20-14-17(4-5-22(20)30-8-6-29(7-9-30)10-11-31)18-2-1-3-21-19(18)12-16(15-27-21)13-23-24(32)28-25(33)34-23/h1-5,12-15,31H,6-11H2,(H,28,32,33). The van der Waals surface area contributed by atoms with Crippen LogP contribution in [0.4, 0.5) is 14.9 Å². The summed E-state index contributed by atoms with van der Waals surface area (Å²) in [5.41, 5.74) is 3.59. The molecule has 0 bridgehead atoms. The lowest BCUT2D eigenvalue weighted by Gasteiger charge is -2.36. The third kappa shape index (κ3) is 4.54. The van der Waals surface area contributed by atoms with E-state index < -0.39 is 11.1 Å². The molecule has 3 aromatic rings. The maximum absolute atomic E-state index is 15.2. The van der Waals surface area contributed by atoms with Gasteiger partial charge in [-0.25, -0.2) is 4.39 Å². The van der Waals surface area contributed by atoms with Crippen LogP contribution in [-0.4, -0.2) is 65.5 Å². The smallest absolute Gasteiger partial charge is 0.290 e. The Labute approximate surface area is 200 Å². The molecule has 174 valence electrons. The summed E-state index contributed by atoms with van der Waals surface area (Å²) >= 11 is 0.858. The van der Waals surface area contributed by atoms with Crippen LogP contribution in [0.1, 0.15) is 5.56 Å². The van der Waals surface area contributed by atoms with Crippen LogP contribution in [0.2, 0.25) is 0 Å². The Bertz CT molecular complexity index is 1300. The van der Waals surface area contributed by atoms with Crippen molar-refractivity contribution in [1.82, 2.24) is 15.2 Å². The van der Waals surface area contributed by atoms with E-state index in [9.17, 15) is 9.59 Å². The van der Waals surface area contributed by atoms with Crippen molar-refractivity contribution in [3.8, 4) is 11.1 Å². The number of aliphatic hydroxyl groups is 1. The first kappa shape index (κ1) is 22.5. The molecule has 0 saturated carbocycles. The van der Waals surface area contributed by atoms with E-state index in [1.54, 1.807) is 18.3 Å². The number of aromatic nitrogens is 1. The highest BCUT2D eigenvalue weighted by atomic mass is 32.2. The van der Waals surface area contributed by atoms with Crippen molar-refractivity contribution in [2.45, 2.75) is 0 Å². The number of nitrogens with one attached hydrogen (secondary N) is 1. The number of rotatable bonds is 5. The summed E-state index contributed by atoms with van der Waals surface area (Å²) in [6, 6.07) is 12.9. The number of carbonyl (C=O) groups is 2. The molecule has 2 N–H and O–H groups in total. The predicted octanol–water partition coefficient (Wildman–Crippen LogP) is 3.48. The fourth-order valence-electron chi connectivity index (χ4n) is 4.35. The SMILES string of the molecule is O=C1NC(=O)C(=Cc2cnc3cccc(-c4ccc(N5CCN(CCO)CC5)c(F)c4)c3c2)S1. The highest BCUT2D eigenvalue weighted by Gasteiger charge is 2.25. The second-order valence-corrected chi connectivity index (χ2v) is 9.23. The number of piperazine rings is 1. The van der Waals surface area contributed by atoms with Gasteiger partial charge in [0.1, 0.15) is 5.82 Å². The third-order valence-electron chi connectivity index (χ3n) is 6.07. The molecule has 0 unspecified atom stereocenters. The van der Waals surface area contributed by atoms with Crippen LogP contribution < -0.4 is 10.2 Å². The van der Waals surface area contributed by atoms with Crippen molar-refractivity contribution in [3.05, 3.63) is 64.9 Å². The average molecular weight is 479 g/mol. The molecule has 1 aromatic heterocycles. The topological polar surface area (TPSA) is 85.8 Å². The Morgan fingerprint density at radius 2 is 1.94 bits per heavy atom. The number of thioether (sulfide) groups is 1. The number of imide groups is 1. The molecule has 5 rings (SSSR count). The summed E-state index contributed by atoms with van der Waals surface area (Å²) in [7, 11) is 0. The summed E-state index contributed by atoms with van der Waals surface area (Å²) in [4.78, 5) is 32.4. The van der Waals surface area contributed by atoms with Crippen LogP contribution in [0, 0.1) is 5.82 Å². The van der Waals surface area contributed by atoms with E-state index in [0.29, 0.717) is 35.8 Å². The van der Waals surface area contributed by atoms with Gasteiger partial charge in [-0.3, -0.25) is 24.8 Å². The minimum atomic E-state index is -0.418. The van der Waals surface area contributed by atoms with E-state index in [1.165, 1.54) is 0 Å². The number of halogens is 1. The van der Waals surface area contributed by atoms with Crippen molar-refractivity contribution < 1.29 is 19.1 Å². The summed E-state index contributed by atoms with van der Waals surface area (Å²) < 4.78 is 15.2. The summed E-state index contributed by atoms with van der Waals surface area (Å²) in [5.74, 6) is -0.702. The number of fused-ring (bicyclic) bond motifs is 1. The number of amides is 2. The molecule has 0 radical (unpaired) electrons. The number of hydrogen-bond donors (Lipinski definition) is 2. The lowest BCUT2D eigenvalue weighted by atomic mass is 9.99. The molecule has 7 nitrogen and oxygen atoms in total. The molecule has 2 fully saturated rings. The number of pyridine rings is 1. The van der Waals surface area contributed by atoms with Gasteiger partial charge in [-0.15, -0.1) is 0 Å². The zero-order valence-electron chi connectivity index (χ0n) is 18.3. The Kier molecular flexibility index (Phi) is 6.32. The number of hydrogen-bond acceptors (Lipinski definition) is 7. The van der Waals surface area contributed by atoms with Crippen LogP contribution >= 0.6 is 11.8 Å².